The van der Waals surface area contributed by atoms with E-state index in [2.05, 4.69) is 30.0 Å². The molecule has 37 heavy (non-hydrogen) atoms. The molecule has 4 bridgehead atoms. The lowest BCUT2D eigenvalue weighted by molar-refractivity contribution is -0.270. The van der Waals surface area contributed by atoms with Crippen molar-refractivity contribution in [3.05, 3.63) is 71.1 Å². The van der Waals surface area contributed by atoms with Crippen LogP contribution in [0.5, 0.6) is 11.5 Å². The maximum absolute atomic E-state index is 13.8. The molecule has 2 N–H and O–H groups in total. The van der Waals surface area contributed by atoms with Gasteiger partial charge in [-0.05, 0) is 73.9 Å². The summed E-state index contributed by atoms with van der Waals surface area (Å²) >= 11 is 0. The molecule has 5 nitrogen and oxygen atoms in total. The zero-order valence-electron chi connectivity index (χ0n) is 21.4. The Bertz CT molecular complexity index is 1340. The molecule has 2 aromatic rings. The van der Waals surface area contributed by atoms with Gasteiger partial charge in [0.15, 0.2) is 11.5 Å². The number of fused-ring (bicyclic) bond motifs is 1. The second-order valence-electron chi connectivity index (χ2n) is 12.7. The van der Waals surface area contributed by atoms with Crippen molar-refractivity contribution in [3.8, 4) is 11.5 Å². The summed E-state index contributed by atoms with van der Waals surface area (Å²) < 4.78 is 27.1. The van der Waals surface area contributed by atoms with Gasteiger partial charge in [-0.25, -0.2) is 4.39 Å². The average Bonchev–Trinajstić information content (AvgIpc) is 3.64. The van der Waals surface area contributed by atoms with E-state index in [0.717, 1.165) is 38.3 Å². The molecule has 0 radical (unpaired) electrons. The van der Waals surface area contributed by atoms with E-state index in [1.807, 2.05) is 0 Å². The number of ether oxygens (including phenoxy) is 2. The molecule has 0 aromatic heterocycles. The summed E-state index contributed by atoms with van der Waals surface area (Å²) in [7, 11) is 1.71. The summed E-state index contributed by atoms with van der Waals surface area (Å²) in [6.45, 7) is 4.24. The van der Waals surface area contributed by atoms with Gasteiger partial charge in [0.05, 0.1) is 11.5 Å². The van der Waals surface area contributed by atoms with Crippen LogP contribution in [0.3, 0.4) is 0 Å². The van der Waals surface area contributed by atoms with Crippen LogP contribution >= 0.6 is 0 Å². The minimum absolute atomic E-state index is 0.183. The molecule has 7 atom stereocenters. The lowest BCUT2D eigenvalue weighted by Crippen LogP contribution is -2.81. The number of aromatic hydroxyl groups is 1. The molecule has 0 unspecified atom stereocenters. The highest BCUT2D eigenvalue weighted by atomic mass is 19.1. The van der Waals surface area contributed by atoms with Gasteiger partial charge in [0.1, 0.15) is 17.5 Å². The highest BCUT2D eigenvalue weighted by molar-refractivity contribution is 5.65. The van der Waals surface area contributed by atoms with E-state index < -0.39 is 17.1 Å². The molecule has 2 aromatic carbocycles. The van der Waals surface area contributed by atoms with Crippen LogP contribution in [0.4, 0.5) is 4.39 Å². The summed E-state index contributed by atoms with van der Waals surface area (Å²) in [5.74, 6) is 1.25. The fourth-order valence-corrected chi connectivity index (χ4v) is 9.55. The zero-order valence-corrected chi connectivity index (χ0v) is 21.4. The Morgan fingerprint density at radius 2 is 1.95 bits per heavy atom. The molecule has 2 heterocycles. The summed E-state index contributed by atoms with van der Waals surface area (Å²) in [6, 6.07) is 10.4. The topological polar surface area (TPSA) is 62.2 Å². The normalized spacial score (nSPS) is 41.4. The summed E-state index contributed by atoms with van der Waals surface area (Å²) in [6.07, 6.45) is 8.50. The number of hydrogen-bond acceptors (Lipinski definition) is 5. The Morgan fingerprint density at radius 3 is 2.68 bits per heavy atom. The molecule has 5 aliphatic carbocycles. The Labute approximate surface area is 216 Å². The minimum atomic E-state index is -0.925. The van der Waals surface area contributed by atoms with Gasteiger partial charge in [0.2, 0.25) is 0 Å². The van der Waals surface area contributed by atoms with Crippen molar-refractivity contribution in [2.24, 2.45) is 16.7 Å². The number of rotatable bonds is 5. The third-order valence-corrected chi connectivity index (χ3v) is 11.3. The Kier molecular flexibility index (Phi) is 4.24. The number of piperidine rings is 1. The number of hydrogen-bond donors (Lipinski definition) is 2. The van der Waals surface area contributed by atoms with Crippen LogP contribution in [0.2, 0.25) is 0 Å². The number of halogens is 1. The van der Waals surface area contributed by atoms with Crippen molar-refractivity contribution in [3.63, 3.8) is 0 Å². The van der Waals surface area contributed by atoms with Crippen LogP contribution in [0, 0.1) is 22.6 Å². The SMILES string of the molecule is CO[C@]12C=C[C@@]3(C[C@]1(C)[C@@H](O)c1ccc(F)cc1)[C@H]1Cc4ccc(O)c5c4[C@@]3(CCN1CC1CC1)[C@H]2O5. The van der Waals surface area contributed by atoms with Gasteiger partial charge in [-0.3, -0.25) is 4.90 Å². The first-order valence-electron chi connectivity index (χ1n) is 13.7. The van der Waals surface area contributed by atoms with E-state index in [0.29, 0.717) is 11.3 Å². The van der Waals surface area contributed by atoms with Crippen LogP contribution < -0.4 is 4.74 Å². The van der Waals surface area contributed by atoms with Crippen LogP contribution in [0.25, 0.3) is 0 Å². The molecule has 6 heteroatoms. The molecule has 2 saturated carbocycles. The summed E-state index contributed by atoms with van der Waals surface area (Å²) in [5.41, 5.74) is 0.869. The van der Waals surface area contributed by atoms with Crippen LogP contribution in [0.1, 0.15) is 55.4 Å². The maximum atomic E-state index is 13.8. The third kappa shape index (κ3) is 2.42. The van der Waals surface area contributed by atoms with E-state index in [1.165, 1.54) is 36.1 Å². The molecule has 7 aliphatic rings. The molecule has 9 rings (SSSR count). The van der Waals surface area contributed by atoms with E-state index in [1.54, 1.807) is 25.3 Å². The number of aliphatic hydroxyl groups is 1. The molecule has 194 valence electrons. The van der Waals surface area contributed by atoms with Crippen molar-refractivity contribution in [2.45, 2.75) is 68.3 Å². The smallest absolute Gasteiger partial charge is 0.165 e. The van der Waals surface area contributed by atoms with Gasteiger partial charge in [0.25, 0.3) is 0 Å². The first-order valence-corrected chi connectivity index (χ1v) is 13.7. The quantitative estimate of drug-likeness (QED) is 0.582. The fraction of sp³-hybridized carbons (Fsp3) is 0.548. The molecule has 2 aliphatic heterocycles. The van der Waals surface area contributed by atoms with E-state index in [9.17, 15) is 14.6 Å². The van der Waals surface area contributed by atoms with Crippen molar-refractivity contribution in [1.82, 2.24) is 4.90 Å². The van der Waals surface area contributed by atoms with E-state index in [-0.39, 0.29) is 34.5 Å². The Morgan fingerprint density at radius 1 is 1.16 bits per heavy atom. The lowest BCUT2D eigenvalue weighted by Gasteiger charge is -2.74. The molecule has 2 spiro atoms. The molecule has 3 fully saturated rings. The first kappa shape index (κ1) is 22.6. The van der Waals surface area contributed by atoms with Gasteiger partial charge >= 0.3 is 0 Å². The fourth-order valence-electron chi connectivity index (χ4n) is 9.55. The highest BCUT2D eigenvalue weighted by Gasteiger charge is 2.82. The number of likely N-dealkylation sites (tertiary alicyclic amines) is 1. The van der Waals surface area contributed by atoms with Gasteiger partial charge < -0.3 is 19.7 Å². The van der Waals surface area contributed by atoms with Crippen LogP contribution in [-0.2, 0) is 16.6 Å². The highest BCUT2D eigenvalue weighted by Crippen LogP contribution is 2.78. The minimum Gasteiger partial charge on any atom is -0.504 e. The Hall–Kier alpha value is -2.41. The second-order valence-corrected chi connectivity index (χ2v) is 12.7. The molecular formula is C31H34FNO4. The molecule has 1 saturated heterocycles. The van der Waals surface area contributed by atoms with Gasteiger partial charge in [-0.15, -0.1) is 0 Å². The molecule has 0 amide bonds. The number of phenolic OH excluding ortho intramolecular Hbond substituents is 1. The standard InChI is InChI=1S/C31H34FNO4/c1-28(26(35)19-5-8-21(32)9-6-19)17-29-11-12-31(28,36-2)27-30(29)13-14-33(16-18-3-4-18)23(29)15-20-7-10-22(34)25(37-27)24(20)30/h5-12,18,23,26-27,34-35H,3-4,13-17H2,1-2H3/t23-,26+,27-,28-,29-,30+,31+/m1/s1. The number of nitrogens with zero attached hydrogens (tertiary/aromatic N) is 1. The predicted molar refractivity (Wildman–Crippen MR) is 136 cm³/mol. The first-order chi connectivity index (χ1) is 17.8. The van der Waals surface area contributed by atoms with Crippen molar-refractivity contribution in [1.29, 1.82) is 0 Å². The zero-order chi connectivity index (χ0) is 25.4. The summed E-state index contributed by atoms with van der Waals surface area (Å²) in [4.78, 5) is 2.72. The van der Waals surface area contributed by atoms with Crippen molar-refractivity contribution >= 4 is 0 Å². The number of phenols is 1. The monoisotopic (exact) mass is 503 g/mol. The number of methoxy groups -OCH3 is 1. The Balaban J connectivity index is 1.37. The number of benzene rings is 2. The van der Waals surface area contributed by atoms with Crippen LogP contribution in [-0.4, -0.2) is 53.1 Å². The van der Waals surface area contributed by atoms with Gasteiger partial charge in [0, 0.05) is 36.1 Å². The maximum Gasteiger partial charge on any atom is 0.165 e. The summed E-state index contributed by atoms with van der Waals surface area (Å²) in [5, 5.41) is 23.1. The van der Waals surface area contributed by atoms with E-state index >= 15 is 0 Å². The van der Waals surface area contributed by atoms with E-state index in [4.69, 9.17) is 9.47 Å². The predicted octanol–water partition coefficient (Wildman–Crippen LogP) is 4.66. The second kappa shape index (κ2) is 6.96. The van der Waals surface area contributed by atoms with Gasteiger partial charge in [-0.2, -0.15) is 0 Å². The molecular weight excluding hydrogens is 469 g/mol. The third-order valence-electron chi connectivity index (χ3n) is 11.3. The average molecular weight is 504 g/mol. The lowest BCUT2D eigenvalue weighted by atomic mass is 9.33. The largest absolute Gasteiger partial charge is 0.504 e. The number of aliphatic hydroxyl groups excluding tert-OH is 1. The van der Waals surface area contributed by atoms with Crippen molar-refractivity contribution < 1.29 is 24.1 Å². The van der Waals surface area contributed by atoms with Crippen molar-refractivity contribution in [2.75, 3.05) is 20.2 Å². The van der Waals surface area contributed by atoms with Gasteiger partial charge in [-0.1, -0.05) is 37.3 Å². The van der Waals surface area contributed by atoms with Crippen LogP contribution in [0.15, 0.2) is 48.6 Å².